The maximum atomic E-state index is 13.4. The molecule has 0 fully saturated rings. The number of hydrogen-bond donors (Lipinski definition) is 3. The number of hydrogen-bond acceptors (Lipinski definition) is 5. The molecule has 1 atom stereocenters. The number of amides is 1. The van der Waals surface area contributed by atoms with E-state index < -0.39 is 39.1 Å². The lowest BCUT2D eigenvalue weighted by Crippen LogP contribution is -2.37. The number of rotatable bonds is 6. The molecule has 0 radical (unpaired) electrons. The number of halogens is 1. The van der Waals surface area contributed by atoms with Crippen LogP contribution in [0.1, 0.15) is 16.8 Å². The molecule has 0 spiro atoms. The van der Waals surface area contributed by atoms with E-state index in [9.17, 15) is 22.4 Å². The molecule has 1 unspecified atom stereocenters. The van der Waals surface area contributed by atoms with E-state index in [0.717, 1.165) is 18.4 Å². The molecule has 0 aliphatic carbocycles. The first kappa shape index (κ1) is 17.1. The smallest absolute Gasteiger partial charge is 0.338 e. The predicted molar refractivity (Wildman–Crippen MR) is 74.3 cm³/mol. The maximum Gasteiger partial charge on any atom is 0.338 e. The minimum atomic E-state index is -3.23. The number of aromatic carboxylic acids is 1. The Hall–Kier alpha value is -2.00. The first-order chi connectivity index (χ1) is 9.60. The number of sulfone groups is 1. The number of carbonyl (C=O) groups is 2. The molecule has 4 N–H and O–H groups in total. The number of nitrogens with two attached hydrogens (primary N) is 1. The Bertz CT molecular complexity index is 660. The average Bonchev–Trinajstić information content (AvgIpc) is 2.34. The number of carbonyl (C=O) groups excluding carboxylic acids is 1. The zero-order valence-corrected chi connectivity index (χ0v) is 12.0. The monoisotopic (exact) mass is 318 g/mol. The van der Waals surface area contributed by atoms with Gasteiger partial charge < -0.3 is 16.2 Å². The quantitative estimate of drug-likeness (QED) is 0.689. The van der Waals surface area contributed by atoms with Gasteiger partial charge >= 0.3 is 5.97 Å². The van der Waals surface area contributed by atoms with Gasteiger partial charge in [-0.1, -0.05) is 0 Å². The number of nitrogens with one attached hydrogen (secondary N) is 1. The highest BCUT2D eigenvalue weighted by molar-refractivity contribution is 7.90. The zero-order valence-electron chi connectivity index (χ0n) is 11.2. The van der Waals surface area contributed by atoms with E-state index in [1.165, 1.54) is 6.07 Å². The average molecular weight is 318 g/mol. The van der Waals surface area contributed by atoms with Crippen LogP contribution in [0.4, 0.5) is 10.1 Å². The minimum Gasteiger partial charge on any atom is -0.478 e. The lowest BCUT2D eigenvalue weighted by atomic mass is 10.1. The molecule has 0 heterocycles. The van der Waals surface area contributed by atoms with Crippen LogP contribution in [0.25, 0.3) is 0 Å². The summed E-state index contributed by atoms with van der Waals surface area (Å²) < 4.78 is 35.4. The second kappa shape index (κ2) is 6.64. The summed E-state index contributed by atoms with van der Waals surface area (Å²) in [5.41, 5.74) is 5.04. The summed E-state index contributed by atoms with van der Waals surface area (Å²) in [6.45, 7) is 0. The lowest BCUT2D eigenvalue weighted by molar-refractivity contribution is -0.117. The van der Waals surface area contributed by atoms with Crippen LogP contribution in [0, 0.1) is 5.82 Å². The Kier molecular flexibility index (Phi) is 5.39. The zero-order chi connectivity index (χ0) is 16.2. The van der Waals surface area contributed by atoms with Crippen molar-refractivity contribution in [3.05, 3.63) is 29.6 Å². The van der Waals surface area contributed by atoms with Crippen molar-refractivity contribution in [2.45, 2.75) is 12.5 Å². The van der Waals surface area contributed by atoms with Crippen LogP contribution < -0.4 is 11.1 Å². The molecule has 1 amide bonds. The molecule has 21 heavy (non-hydrogen) atoms. The molecule has 9 heteroatoms. The SMILES string of the molecule is CS(=O)(=O)CCC(N)C(=O)Nc1ccc(C(=O)O)c(F)c1. The van der Waals surface area contributed by atoms with Crippen LogP contribution in [0.2, 0.25) is 0 Å². The first-order valence-corrected chi connectivity index (χ1v) is 7.93. The van der Waals surface area contributed by atoms with Crippen molar-refractivity contribution in [1.82, 2.24) is 0 Å². The van der Waals surface area contributed by atoms with Gasteiger partial charge in [0.05, 0.1) is 17.4 Å². The van der Waals surface area contributed by atoms with Crippen molar-refractivity contribution in [3.8, 4) is 0 Å². The molecular formula is C12H15FN2O5S. The largest absolute Gasteiger partial charge is 0.478 e. The van der Waals surface area contributed by atoms with Gasteiger partial charge in [0.15, 0.2) is 0 Å². The molecule has 0 saturated heterocycles. The summed E-state index contributed by atoms with van der Waals surface area (Å²) >= 11 is 0. The topological polar surface area (TPSA) is 127 Å². The van der Waals surface area contributed by atoms with Gasteiger partial charge in [0, 0.05) is 11.9 Å². The van der Waals surface area contributed by atoms with E-state index in [-0.39, 0.29) is 17.9 Å². The number of anilines is 1. The van der Waals surface area contributed by atoms with E-state index in [1.54, 1.807) is 0 Å². The summed E-state index contributed by atoms with van der Waals surface area (Å²) in [6, 6.07) is 2.01. The highest BCUT2D eigenvalue weighted by Gasteiger charge is 2.17. The molecule has 116 valence electrons. The van der Waals surface area contributed by atoms with Gasteiger partial charge in [0.2, 0.25) is 5.91 Å². The summed E-state index contributed by atoms with van der Waals surface area (Å²) in [4.78, 5) is 22.3. The van der Waals surface area contributed by atoms with E-state index >= 15 is 0 Å². The van der Waals surface area contributed by atoms with Crippen LogP contribution in [-0.4, -0.2) is 43.5 Å². The Morgan fingerprint density at radius 2 is 2.05 bits per heavy atom. The fourth-order valence-corrected chi connectivity index (χ4v) is 2.16. The summed E-state index contributed by atoms with van der Waals surface area (Å²) in [7, 11) is -3.23. The second-order valence-corrected chi connectivity index (χ2v) is 6.77. The number of carboxylic acid groups (broad SMARTS) is 1. The third kappa shape index (κ3) is 5.48. The second-order valence-electron chi connectivity index (χ2n) is 4.51. The van der Waals surface area contributed by atoms with E-state index in [1.807, 2.05) is 0 Å². The number of carboxylic acids is 1. The van der Waals surface area contributed by atoms with Gasteiger partial charge in [-0.2, -0.15) is 0 Å². The van der Waals surface area contributed by atoms with E-state index in [0.29, 0.717) is 0 Å². The van der Waals surface area contributed by atoms with Crippen LogP contribution >= 0.6 is 0 Å². The summed E-state index contributed by atoms with van der Waals surface area (Å²) in [5, 5.41) is 11.0. The van der Waals surface area contributed by atoms with Gasteiger partial charge in [-0.15, -0.1) is 0 Å². The van der Waals surface area contributed by atoms with E-state index in [4.69, 9.17) is 10.8 Å². The molecular weight excluding hydrogens is 303 g/mol. The Morgan fingerprint density at radius 3 is 2.52 bits per heavy atom. The van der Waals surface area contributed by atoms with Crippen LogP contribution in [-0.2, 0) is 14.6 Å². The van der Waals surface area contributed by atoms with Gasteiger partial charge in [0.25, 0.3) is 0 Å². The van der Waals surface area contributed by atoms with Crippen molar-refractivity contribution in [1.29, 1.82) is 0 Å². The molecule has 0 aromatic heterocycles. The minimum absolute atomic E-state index is 0.0392. The Balaban J connectivity index is 2.70. The third-order valence-electron chi connectivity index (χ3n) is 2.60. The van der Waals surface area contributed by atoms with Crippen molar-refractivity contribution in [2.24, 2.45) is 5.73 Å². The summed E-state index contributed by atoms with van der Waals surface area (Å²) in [6.07, 6.45) is 0.956. The van der Waals surface area contributed by atoms with Gasteiger partial charge in [-0.05, 0) is 24.6 Å². The molecule has 7 nitrogen and oxygen atoms in total. The third-order valence-corrected chi connectivity index (χ3v) is 3.58. The van der Waals surface area contributed by atoms with Gasteiger partial charge in [-0.25, -0.2) is 17.6 Å². The highest BCUT2D eigenvalue weighted by Crippen LogP contribution is 2.15. The molecule has 0 aliphatic heterocycles. The van der Waals surface area contributed by atoms with Crippen molar-refractivity contribution < 1.29 is 27.5 Å². The normalized spacial score (nSPS) is 12.7. The lowest BCUT2D eigenvalue weighted by Gasteiger charge is -2.12. The van der Waals surface area contributed by atoms with Crippen molar-refractivity contribution in [2.75, 3.05) is 17.3 Å². The standard InChI is InChI=1S/C12H15FN2O5S/c1-21(19,20)5-4-10(14)11(16)15-7-2-3-8(12(17)18)9(13)6-7/h2-3,6,10H,4-5,14H2,1H3,(H,15,16)(H,17,18). The number of benzene rings is 1. The van der Waals surface area contributed by atoms with Gasteiger partial charge in [-0.3, -0.25) is 4.79 Å². The van der Waals surface area contributed by atoms with Crippen LogP contribution in [0.3, 0.4) is 0 Å². The molecule has 1 aromatic carbocycles. The first-order valence-electron chi connectivity index (χ1n) is 5.87. The van der Waals surface area contributed by atoms with Crippen molar-refractivity contribution in [3.63, 3.8) is 0 Å². The maximum absolute atomic E-state index is 13.4. The van der Waals surface area contributed by atoms with Crippen molar-refractivity contribution >= 4 is 27.4 Å². The molecule has 0 saturated carbocycles. The van der Waals surface area contributed by atoms with Crippen LogP contribution in [0.15, 0.2) is 18.2 Å². The fraction of sp³-hybridized carbons (Fsp3) is 0.333. The Labute approximate surface area is 120 Å². The Morgan fingerprint density at radius 1 is 1.43 bits per heavy atom. The predicted octanol–water partition coefficient (Wildman–Crippen LogP) is 0.224. The molecule has 1 rings (SSSR count). The molecule has 0 bridgehead atoms. The van der Waals surface area contributed by atoms with Gasteiger partial charge in [0.1, 0.15) is 15.7 Å². The highest BCUT2D eigenvalue weighted by atomic mass is 32.2. The van der Waals surface area contributed by atoms with Crippen LogP contribution in [0.5, 0.6) is 0 Å². The molecule has 1 aromatic rings. The summed E-state index contributed by atoms with van der Waals surface area (Å²) in [5.74, 6) is -3.34. The molecule has 0 aliphatic rings. The fourth-order valence-electron chi connectivity index (χ4n) is 1.47. The van der Waals surface area contributed by atoms with E-state index in [2.05, 4.69) is 5.32 Å².